The lowest BCUT2D eigenvalue weighted by Gasteiger charge is -2.13. The molecule has 0 radical (unpaired) electrons. The Labute approximate surface area is 135 Å². The summed E-state index contributed by atoms with van der Waals surface area (Å²) in [6.07, 6.45) is 0.881. The van der Waals surface area contributed by atoms with Crippen LogP contribution in [0.4, 0.5) is 0 Å². The number of ether oxygens (including phenoxy) is 2. The highest BCUT2D eigenvalue weighted by molar-refractivity contribution is 6.04. The van der Waals surface area contributed by atoms with Crippen molar-refractivity contribution >= 4 is 17.2 Å². The van der Waals surface area contributed by atoms with Crippen molar-refractivity contribution < 1.29 is 14.3 Å². The van der Waals surface area contributed by atoms with Gasteiger partial charge in [-0.2, -0.15) is 0 Å². The number of fused-ring (bicyclic) bond motifs is 1. The maximum Gasteiger partial charge on any atom is 0.171 e. The predicted octanol–water partition coefficient (Wildman–Crippen LogP) is 3.89. The number of carbonyl (C=O) groups is 1. The van der Waals surface area contributed by atoms with Crippen LogP contribution in [0, 0.1) is 6.92 Å². The van der Waals surface area contributed by atoms with Crippen LogP contribution in [0.1, 0.15) is 21.6 Å². The Morgan fingerprint density at radius 1 is 1.13 bits per heavy atom. The van der Waals surface area contributed by atoms with Gasteiger partial charge in [0.05, 0.1) is 18.0 Å². The third-order valence-electron chi connectivity index (χ3n) is 4.19. The highest BCUT2D eigenvalue weighted by atomic mass is 16.5. The number of nitrogens with zero attached hydrogens (tertiary/aromatic N) is 1. The number of hydrogen-bond acceptors (Lipinski definition) is 3. The Morgan fingerprint density at radius 2 is 1.87 bits per heavy atom. The average Bonchev–Trinajstić information content (AvgIpc) is 2.84. The zero-order valence-corrected chi connectivity index (χ0v) is 13.5. The van der Waals surface area contributed by atoms with E-state index in [1.807, 2.05) is 61.0 Å². The fourth-order valence-corrected chi connectivity index (χ4v) is 2.81. The Morgan fingerprint density at radius 3 is 2.52 bits per heavy atom. The summed E-state index contributed by atoms with van der Waals surface area (Å²) >= 11 is 0. The van der Waals surface area contributed by atoms with Crippen molar-refractivity contribution in [3.63, 3.8) is 0 Å². The monoisotopic (exact) mass is 309 g/mol. The van der Waals surface area contributed by atoms with Crippen molar-refractivity contribution in [3.8, 4) is 11.5 Å². The van der Waals surface area contributed by atoms with Crippen LogP contribution in [0.15, 0.2) is 42.5 Å². The van der Waals surface area contributed by atoms with Gasteiger partial charge in [0.15, 0.2) is 17.8 Å². The molecule has 23 heavy (non-hydrogen) atoms. The molecule has 0 saturated carbocycles. The normalized spacial score (nSPS) is 10.7. The Kier molecular flexibility index (Phi) is 4.06. The minimum Gasteiger partial charge on any atom is -0.493 e. The van der Waals surface area contributed by atoms with Crippen LogP contribution in [0.5, 0.6) is 11.5 Å². The molecule has 2 aromatic carbocycles. The summed E-state index contributed by atoms with van der Waals surface area (Å²) in [5.74, 6) is 1.24. The van der Waals surface area contributed by atoms with Gasteiger partial charge in [-0.1, -0.05) is 30.3 Å². The summed E-state index contributed by atoms with van der Waals surface area (Å²) in [4.78, 5) is 11.6. The first-order chi connectivity index (χ1) is 11.2. The van der Waals surface area contributed by atoms with E-state index in [0.717, 1.165) is 28.4 Å². The zero-order chi connectivity index (χ0) is 16.4. The van der Waals surface area contributed by atoms with E-state index in [1.165, 1.54) is 0 Å². The van der Waals surface area contributed by atoms with Crippen LogP contribution >= 0.6 is 0 Å². The molecule has 0 fully saturated rings. The van der Waals surface area contributed by atoms with Gasteiger partial charge in [-0.05, 0) is 24.6 Å². The van der Waals surface area contributed by atoms with Crippen molar-refractivity contribution in [1.29, 1.82) is 0 Å². The van der Waals surface area contributed by atoms with Crippen LogP contribution in [0.2, 0.25) is 0 Å². The maximum absolute atomic E-state index is 11.6. The molecular weight excluding hydrogens is 290 g/mol. The number of aldehydes is 1. The largest absolute Gasteiger partial charge is 0.493 e. The van der Waals surface area contributed by atoms with Crippen LogP contribution in [-0.2, 0) is 13.7 Å². The molecule has 0 unspecified atom stereocenters. The second-order valence-corrected chi connectivity index (χ2v) is 5.44. The SMILES string of the molecule is COc1ccc2c(c(C=O)c(C)n2C)c1OCc1ccccc1. The molecule has 0 amide bonds. The van der Waals surface area contributed by atoms with E-state index in [2.05, 4.69) is 0 Å². The molecule has 4 heteroatoms. The van der Waals surface area contributed by atoms with Crippen molar-refractivity contribution in [1.82, 2.24) is 4.57 Å². The van der Waals surface area contributed by atoms with E-state index in [9.17, 15) is 4.79 Å². The number of methoxy groups -OCH3 is 1. The lowest BCUT2D eigenvalue weighted by Crippen LogP contribution is -1.99. The topological polar surface area (TPSA) is 40.5 Å². The van der Waals surface area contributed by atoms with E-state index in [-0.39, 0.29) is 0 Å². The van der Waals surface area contributed by atoms with Gasteiger partial charge in [-0.3, -0.25) is 4.79 Å². The van der Waals surface area contributed by atoms with Gasteiger partial charge in [-0.15, -0.1) is 0 Å². The minimum absolute atomic E-state index is 0.419. The summed E-state index contributed by atoms with van der Waals surface area (Å²) in [5, 5.41) is 0.801. The van der Waals surface area contributed by atoms with Gasteiger partial charge in [0.2, 0.25) is 0 Å². The Bertz CT molecular complexity index is 850. The molecule has 0 aliphatic rings. The molecule has 3 rings (SSSR count). The summed E-state index contributed by atoms with van der Waals surface area (Å²) in [6.45, 7) is 2.35. The molecule has 0 bridgehead atoms. The zero-order valence-electron chi connectivity index (χ0n) is 13.5. The molecule has 1 heterocycles. The van der Waals surface area contributed by atoms with Crippen molar-refractivity contribution in [2.45, 2.75) is 13.5 Å². The minimum atomic E-state index is 0.419. The summed E-state index contributed by atoms with van der Waals surface area (Å²) in [6, 6.07) is 13.7. The standard InChI is InChI=1S/C19H19NO3/c1-13-15(11-21)18-16(20(13)2)9-10-17(22-3)19(18)23-12-14-7-5-4-6-8-14/h4-11H,12H2,1-3H3. The smallest absolute Gasteiger partial charge is 0.171 e. The lowest BCUT2D eigenvalue weighted by atomic mass is 10.1. The molecule has 0 aliphatic heterocycles. The highest BCUT2D eigenvalue weighted by Crippen LogP contribution is 2.39. The van der Waals surface area contributed by atoms with Crippen molar-refractivity contribution in [3.05, 3.63) is 59.3 Å². The lowest BCUT2D eigenvalue weighted by molar-refractivity contribution is 0.112. The first-order valence-corrected chi connectivity index (χ1v) is 7.45. The molecule has 0 saturated heterocycles. The van der Waals surface area contributed by atoms with Gasteiger partial charge < -0.3 is 14.0 Å². The first-order valence-electron chi connectivity index (χ1n) is 7.45. The van der Waals surface area contributed by atoms with Gasteiger partial charge in [-0.25, -0.2) is 0 Å². The highest BCUT2D eigenvalue weighted by Gasteiger charge is 2.19. The molecule has 0 N–H and O–H groups in total. The van der Waals surface area contributed by atoms with Gasteiger partial charge >= 0.3 is 0 Å². The number of aryl methyl sites for hydroxylation is 1. The number of benzene rings is 2. The number of hydrogen-bond donors (Lipinski definition) is 0. The third kappa shape index (κ3) is 2.57. The van der Waals surface area contributed by atoms with E-state index in [0.29, 0.717) is 23.7 Å². The first kappa shape index (κ1) is 15.2. The van der Waals surface area contributed by atoms with Crippen LogP contribution in [-0.4, -0.2) is 18.0 Å². The molecule has 1 aromatic heterocycles. The molecule has 0 spiro atoms. The fourth-order valence-electron chi connectivity index (χ4n) is 2.81. The van der Waals surface area contributed by atoms with Gasteiger partial charge in [0.1, 0.15) is 6.61 Å². The number of aromatic nitrogens is 1. The Balaban J connectivity index is 2.13. The fraction of sp³-hybridized carbons (Fsp3) is 0.211. The van der Waals surface area contributed by atoms with E-state index in [4.69, 9.17) is 9.47 Å². The van der Waals surface area contributed by atoms with Crippen LogP contribution in [0.3, 0.4) is 0 Å². The molecule has 4 nitrogen and oxygen atoms in total. The van der Waals surface area contributed by atoms with E-state index < -0.39 is 0 Å². The summed E-state index contributed by atoms with van der Waals surface area (Å²) in [7, 11) is 3.55. The van der Waals surface area contributed by atoms with Gasteiger partial charge in [0.25, 0.3) is 0 Å². The number of carbonyl (C=O) groups excluding carboxylic acids is 1. The molecule has 118 valence electrons. The van der Waals surface area contributed by atoms with E-state index in [1.54, 1.807) is 7.11 Å². The molecule has 0 aliphatic carbocycles. The van der Waals surface area contributed by atoms with E-state index >= 15 is 0 Å². The average molecular weight is 309 g/mol. The number of rotatable bonds is 5. The second-order valence-electron chi connectivity index (χ2n) is 5.44. The van der Waals surface area contributed by atoms with Crippen molar-refractivity contribution in [2.75, 3.05) is 7.11 Å². The quantitative estimate of drug-likeness (QED) is 0.671. The van der Waals surface area contributed by atoms with Crippen LogP contribution < -0.4 is 9.47 Å². The molecule has 0 atom stereocenters. The van der Waals surface area contributed by atoms with Gasteiger partial charge in [0, 0.05) is 18.3 Å². The third-order valence-corrected chi connectivity index (χ3v) is 4.19. The Hall–Kier alpha value is -2.75. The van der Waals surface area contributed by atoms with Crippen molar-refractivity contribution in [2.24, 2.45) is 7.05 Å². The molecule has 3 aromatic rings. The maximum atomic E-state index is 11.6. The van der Waals surface area contributed by atoms with Crippen LogP contribution in [0.25, 0.3) is 10.9 Å². The summed E-state index contributed by atoms with van der Waals surface area (Å²) in [5.41, 5.74) is 3.57. The summed E-state index contributed by atoms with van der Waals surface area (Å²) < 4.78 is 13.5. The second kappa shape index (κ2) is 6.16. The molecular formula is C19H19NO3. The predicted molar refractivity (Wildman–Crippen MR) is 90.4 cm³/mol.